The highest BCUT2D eigenvalue weighted by atomic mass is 32.2. The molecule has 1 heterocycles. The van der Waals surface area contributed by atoms with Gasteiger partial charge >= 0.3 is 0 Å². The lowest BCUT2D eigenvalue weighted by Crippen LogP contribution is -2.41. The van der Waals surface area contributed by atoms with E-state index in [2.05, 4.69) is 32.5 Å². The molecule has 0 atom stereocenters. The Morgan fingerprint density at radius 3 is 1.20 bits per heavy atom. The zero-order chi connectivity index (χ0) is 13.6. The third kappa shape index (κ3) is 4.82. The summed E-state index contributed by atoms with van der Waals surface area (Å²) in [6.07, 6.45) is 14.7. The lowest BCUT2D eigenvalue weighted by atomic mass is 10.0. The minimum atomic E-state index is 0.932. The summed E-state index contributed by atoms with van der Waals surface area (Å²) in [5, 5.41) is 1.86. The molecule has 0 N–H and O–H groups in total. The molecule has 1 aliphatic heterocycles. The molecule has 0 bridgehead atoms. The number of rotatable bonds is 4. The number of hydrogen-bond donors (Lipinski definition) is 0. The number of nitrogens with zero attached hydrogens (tertiary/aromatic N) is 2. The van der Waals surface area contributed by atoms with Crippen LogP contribution >= 0.6 is 23.9 Å². The second-order valence-corrected chi connectivity index (χ2v) is 9.38. The van der Waals surface area contributed by atoms with Crippen LogP contribution in [0.1, 0.15) is 64.2 Å². The van der Waals surface area contributed by atoms with Crippen LogP contribution in [0.5, 0.6) is 0 Å². The highest BCUT2D eigenvalue weighted by Crippen LogP contribution is 2.34. The molecular weight excluding hydrogens is 284 g/mol. The molecule has 0 radical (unpaired) electrons. The maximum atomic E-state index is 2.66. The van der Waals surface area contributed by atoms with Crippen molar-refractivity contribution in [2.45, 2.75) is 74.7 Å². The van der Waals surface area contributed by atoms with Crippen LogP contribution in [0, 0.1) is 0 Å². The highest BCUT2D eigenvalue weighted by molar-refractivity contribution is 7.98. The predicted octanol–water partition coefficient (Wildman–Crippen LogP) is 4.57. The molecule has 116 valence electrons. The van der Waals surface area contributed by atoms with Crippen molar-refractivity contribution >= 4 is 23.9 Å². The van der Waals surface area contributed by atoms with Gasteiger partial charge in [0.1, 0.15) is 0 Å². The Bertz CT molecular complexity index is 240. The molecule has 3 fully saturated rings. The van der Waals surface area contributed by atoms with Crippen LogP contribution in [-0.2, 0) is 0 Å². The molecule has 0 aromatic heterocycles. The maximum Gasteiger partial charge on any atom is 0.0227 e. The van der Waals surface area contributed by atoms with Crippen molar-refractivity contribution < 1.29 is 0 Å². The third-order valence-electron chi connectivity index (χ3n) is 4.90. The van der Waals surface area contributed by atoms with Gasteiger partial charge in [-0.15, -0.1) is 0 Å². The van der Waals surface area contributed by atoms with Crippen molar-refractivity contribution in [2.75, 3.05) is 26.2 Å². The van der Waals surface area contributed by atoms with E-state index in [4.69, 9.17) is 0 Å². The fraction of sp³-hybridized carbons (Fsp3) is 1.00. The van der Waals surface area contributed by atoms with Gasteiger partial charge in [-0.2, -0.15) is 0 Å². The maximum absolute atomic E-state index is 2.66. The van der Waals surface area contributed by atoms with Gasteiger partial charge in [-0.1, -0.05) is 62.4 Å². The van der Waals surface area contributed by atoms with E-state index in [9.17, 15) is 0 Å². The molecule has 2 saturated carbocycles. The van der Waals surface area contributed by atoms with Crippen LogP contribution in [0.4, 0.5) is 0 Å². The summed E-state index contributed by atoms with van der Waals surface area (Å²) in [6.45, 7) is 5.11. The van der Waals surface area contributed by atoms with Crippen molar-refractivity contribution in [3.05, 3.63) is 0 Å². The summed E-state index contributed by atoms with van der Waals surface area (Å²) in [5.74, 6) is 0. The average Bonchev–Trinajstić information content (AvgIpc) is 2.51. The van der Waals surface area contributed by atoms with Gasteiger partial charge in [0.2, 0.25) is 0 Å². The minimum Gasteiger partial charge on any atom is -0.248 e. The summed E-state index contributed by atoms with van der Waals surface area (Å²) >= 11 is 4.37. The minimum absolute atomic E-state index is 0.932. The van der Waals surface area contributed by atoms with E-state index in [1.165, 1.54) is 90.4 Å². The lowest BCUT2D eigenvalue weighted by Gasteiger charge is -2.37. The monoisotopic (exact) mass is 314 g/mol. The zero-order valence-electron chi connectivity index (χ0n) is 12.8. The molecule has 4 heteroatoms. The van der Waals surface area contributed by atoms with Gasteiger partial charge in [-0.05, 0) is 25.7 Å². The molecule has 0 amide bonds. The summed E-state index contributed by atoms with van der Waals surface area (Å²) in [7, 11) is 0. The molecule has 0 aromatic carbocycles. The average molecular weight is 315 g/mol. The fourth-order valence-electron chi connectivity index (χ4n) is 3.64. The van der Waals surface area contributed by atoms with Crippen LogP contribution in [0.25, 0.3) is 0 Å². The first-order valence-corrected chi connectivity index (χ1v) is 10.4. The molecule has 0 spiro atoms. The van der Waals surface area contributed by atoms with Crippen molar-refractivity contribution in [3.8, 4) is 0 Å². The molecule has 2 nitrogen and oxygen atoms in total. The van der Waals surface area contributed by atoms with Crippen molar-refractivity contribution in [3.63, 3.8) is 0 Å². The molecule has 0 aromatic rings. The smallest absolute Gasteiger partial charge is 0.0227 e. The van der Waals surface area contributed by atoms with Gasteiger partial charge in [0.25, 0.3) is 0 Å². The number of piperazine rings is 1. The zero-order valence-corrected chi connectivity index (χ0v) is 14.4. The molecule has 1 saturated heterocycles. The van der Waals surface area contributed by atoms with Crippen LogP contribution in [-0.4, -0.2) is 45.3 Å². The van der Waals surface area contributed by atoms with Gasteiger partial charge in [-0.3, -0.25) is 0 Å². The summed E-state index contributed by atoms with van der Waals surface area (Å²) < 4.78 is 5.32. The summed E-state index contributed by atoms with van der Waals surface area (Å²) in [5.41, 5.74) is 0. The highest BCUT2D eigenvalue weighted by Gasteiger charge is 2.24. The van der Waals surface area contributed by atoms with Crippen molar-refractivity contribution in [2.24, 2.45) is 0 Å². The molecule has 20 heavy (non-hydrogen) atoms. The van der Waals surface area contributed by atoms with E-state index < -0.39 is 0 Å². The standard InChI is InChI=1S/C16H30N2S2/c1-3-7-15(8-4-1)19-17-11-13-18(14-12-17)20-16-9-5-2-6-10-16/h15-16H,1-14H2. The third-order valence-corrected chi connectivity index (χ3v) is 7.76. The SMILES string of the molecule is C1CCC(SN2CCN(SC3CCCCC3)CC2)CC1. The van der Waals surface area contributed by atoms with Crippen LogP contribution in [0.2, 0.25) is 0 Å². The van der Waals surface area contributed by atoms with Crippen molar-refractivity contribution in [1.82, 2.24) is 8.61 Å². The van der Waals surface area contributed by atoms with Crippen LogP contribution < -0.4 is 0 Å². The topological polar surface area (TPSA) is 6.48 Å². The first-order valence-electron chi connectivity index (χ1n) is 8.73. The van der Waals surface area contributed by atoms with E-state index in [0.29, 0.717) is 0 Å². The van der Waals surface area contributed by atoms with Gasteiger partial charge in [0.15, 0.2) is 0 Å². The number of hydrogen-bond acceptors (Lipinski definition) is 4. The Morgan fingerprint density at radius 2 is 0.850 bits per heavy atom. The van der Waals surface area contributed by atoms with E-state index in [1.54, 1.807) is 0 Å². The van der Waals surface area contributed by atoms with E-state index in [1.807, 2.05) is 0 Å². The predicted molar refractivity (Wildman–Crippen MR) is 92.1 cm³/mol. The first kappa shape index (κ1) is 15.5. The Labute approximate surface area is 133 Å². The van der Waals surface area contributed by atoms with Crippen molar-refractivity contribution in [1.29, 1.82) is 0 Å². The lowest BCUT2D eigenvalue weighted by molar-refractivity contribution is 0.303. The molecule has 0 unspecified atom stereocenters. The Balaban J connectivity index is 1.33. The Kier molecular flexibility index (Phi) is 6.44. The molecule has 3 aliphatic rings. The molecule has 3 rings (SSSR count). The fourth-order valence-corrected chi connectivity index (χ4v) is 6.32. The van der Waals surface area contributed by atoms with E-state index >= 15 is 0 Å². The van der Waals surface area contributed by atoms with Gasteiger partial charge < -0.3 is 0 Å². The Morgan fingerprint density at radius 1 is 0.500 bits per heavy atom. The van der Waals surface area contributed by atoms with E-state index in [-0.39, 0.29) is 0 Å². The van der Waals surface area contributed by atoms with Gasteiger partial charge in [0.05, 0.1) is 0 Å². The van der Waals surface area contributed by atoms with Crippen LogP contribution in [0.3, 0.4) is 0 Å². The molecule has 2 aliphatic carbocycles. The summed E-state index contributed by atoms with van der Waals surface area (Å²) in [4.78, 5) is 0. The quantitative estimate of drug-likeness (QED) is 0.701. The second kappa shape index (κ2) is 8.30. The second-order valence-electron chi connectivity index (χ2n) is 6.59. The summed E-state index contributed by atoms with van der Waals surface area (Å²) in [6, 6.07) is 0. The van der Waals surface area contributed by atoms with Crippen LogP contribution in [0.15, 0.2) is 0 Å². The largest absolute Gasteiger partial charge is 0.248 e. The Hall–Kier alpha value is 0.620. The normalized spacial score (nSPS) is 28.8. The van der Waals surface area contributed by atoms with Gasteiger partial charge in [-0.25, -0.2) is 8.61 Å². The van der Waals surface area contributed by atoms with E-state index in [0.717, 1.165) is 10.5 Å². The first-order chi connectivity index (χ1) is 9.90. The van der Waals surface area contributed by atoms with Gasteiger partial charge in [0, 0.05) is 36.7 Å². The molecular formula is C16H30N2S2.